The highest BCUT2D eigenvalue weighted by Crippen LogP contribution is 2.24. The fourth-order valence-electron chi connectivity index (χ4n) is 3.74. The van der Waals surface area contributed by atoms with Gasteiger partial charge in [-0.1, -0.05) is 42.1 Å². The molecule has 0 aromatic heterocycles. The third-order valence-electron chi connectivity index (χ3n) is 5.88. The Morgan fingerprint density at radius 3 is 2.42 bits per heavy atom. The number of benzene rings is 2. The number of halogens is 1. The predicted molar refractivity (Wildman–Crippen MR) is 150 cm³/mol. The number of likely N-dealkylation sites (N-methyl/N-ethyl adjacent to an activating group) is 1. The zero-order chi connectivity index (χ0) is 26.1. The summed E-state index contributed by atoms with van der Waals surface area (Å²) in [6.45, 7) is 5.03. The summed E-state index contributed by atoms with van der Waals surface area (Å²) in [6.07, 6.45) is 4.30. The monoisotopic (exact) mass is 596 g/mol. The minimum atomic E-state index is -3.55. The number of hydrogen-bond acceptors (Lipinski definition) is 6. The molecule has 1 amide bonds. The Bertz CT molecular complexity index is 1150. The van der Waals surface area contributed by atoms with Crippen LogP contribution in [0.2, 0.25) is 0 Å². The summed E-state index contributed by atoms with van der Waals surface area (Å²) in [4.78, 5) is 15.2. The molecule has 8 nitrogen and oxygen atoms in total. The number of unbranched alkanes of at least 4 members (excludes halogenated alkanes) is 3. The number of rotatable bonds is 10. The van der Waals surface area contributed by atoms with Crippen LogP contribution >= 0.6 is 28.1 Å². The van der Waals surface area contributed by atoms with Crippen LogP contribution in [0.4, 0.5) is 5.69 Å². The van der Waals surface area contributed by atoms with Gasteiger partial charge >= 0.3 is 0 Å². The summed E-state index contributed by atoms with van der Waals surface area (Å²) in [5.74, 6) is 0.0973. The SMILES string of the molecule is CCCCCCOc1ccc(Br)cc1C(=O)NC(=S)Nc1ccc(S(=O)(=O)N2CCN(C)CC2)cc1. The molecule has 0 spiro atoms. The molecular formula is C25H33BrN4O4S2. The largest absolute Gasteiger partial charge is 0.493 e. The normalized spacial score (nSPS) is 14.9. The van der Waals surface area contributed by atoms with Gasteiger partial charge in [-0.3, -0.25) is 10.1 Å². The molecule has 0 aliphatic carbocycles. The van der Waals surface area contributed by atoms with Crippen molar-refractivity contribution in [2.75, 3.05) is 45.2 Å². The summed E-state index contributed by atoms with van der Waals surface area (Å²) in [5.41, 5.74) is 0.942. The van der Waals surface area contributed by atoms with Gasteiger partial charge in [-0.25, -0.2) is 8.42 Å². The van der Waals surface area contributed by atoms with Crippen molar-refractivity contribution in [2.24, 2.45) is 0 Å². The first kappa shape index (κ1) is 28.5. The Morgan fingerprint density at radius 1 is 1.06 bits per heavy atom. The lowest BCUT2D eigenvalue weighted by molar-refractivity contribution is 0.0973. The van der Waals surface area contributed by atoms with Crippen molar-refractivity contribution in [1.82, 2.24) is 14.5 Å². The van der Waals surface area contributed by atoms with E-state index in [0.29, 0.717) is 49.8 Å². The lowest BCUT2D eigenvalue weighted by Gasteiger charge is -2.31. The van der Waals surface area contributed by atoms with E-state index in [1.165, 1.54) is 4.31 Å². The maximum atomic E-state index is 12.9. The first-order valence-electron chi connectivity index (χ1n) is 12.0. The second-order valence-corrected chi connectivity index (χ2v) is 12.0. The van der Waals surface area contributed by atoms with Crippen LogP contribution in [-0.2, 0) is 10.0 Å². The van der Waals surface area contributed by atoms with Gasteiger partial charge in [0.25, 0.3) is 5.91 Å². The van der Waals surface area contributed by atoms with E-state index in [9.17, 15) is 13.2 Å². The average molecular weight is 598 g/mol. The molecule has 2 N–H and O–H groups in total. The van der Waals surface area contributed by atoms with Crippen molar-refractivity contribution < 1.29 is 17.9 Å². The number of ether oxygens (including phenoxy) is 1. The van der Waals surface area contributed by atoms with Gasteiger partial charge in [0.1, 0.15) is 5.75 Å². The number of sulfonamides is 1. The Labute approximate surface area is 227 Å². The van der Waals surface area contributed by atoms with Crippen LogP contribution in [0.5, 0.6) is 5.75 Å². The predicted octanol–water partition coefficient (Wildman–Crippen LogP) is 4.47. The lowest BCUT2D eigenvalue weighted by atomic mass is 10.2. The average Bonchev–Trinajstić information content (AvgIpc) is 2.85. The molecular weight excluding hydrogens is 564 g/mol. The summed E-state index contributed by atoms with van der Waals surface area (Å²) >= 11 is 8.72. The second-order valence-electron chi connectivity index (χ2n) is 8.69. The summed E-state index contributed by atoms with van der Waals surface area (Å²) in [6, 6.07) is 11.6. The summed E-state index contributed by atoms with van der Waals surface area (Å²) in [5, 5.41) is 5.71. The summed E-state index contributed by atoms with van der Waals surface area (Å²) < 4.78 is 33.9. The highest BCUT2D eigenvalue weighted by molar-refractivity contribution is 9.10. The highest BCUT2D eigenvalue weighted by Gasteiger charge is 2.27. The molecule has 1 aliphatic heterocycles. The van der Waals surface area contributed by atoms with Crippen LogP contribution in [-0.4, -0.2) is 68.5 Å². The fourth-order valence-corrected chi connectivity index (χ4v) is 5.73. The topological polar surface area (TPSA) is 91.0 Å². The fraction of sp³-hybridized carbons (Fsp3) is 0.440. The van der Waals surface area contributed by atoms with Crippen LogP contribution < -0.4 is 15.4 Å². The Kier molecular flexibility index (Phi) is 10.7. The third-order valence-corrected chi connectivity index (χ3v) is 8.49. The molecule has 2 aromatic rings. The molecule has 0 bridgehead atoms. The Balaban J connectivity index is 1.59. The second kappa shape index (κ2) is 13.5. The number of piperazine rings is 1. The van der Waals surface area contributed by atoms with E-state index in [1.54, 1.807) is 36.4 Å². The third kappa shape index (κ3) is 7.97. The lowest BCUT2D eigenvalue weighted by Crippen LogP contribution is -2.46. The van der Waals surface area contributed by atoms with Gasteiger partial charge in [0.2, 0.25) is 10.0 Å². The van der Waals surface area contributed by atoms with Gasteiger partial charge in [-0.05, 0) is 68.2 Å². The van der Waals surface area contributed by atoms with E-state index in [1.807, 2.05) is 13.1 Å². The standard InChI is InChI=1S/C25H33BrN4O4S2/c1-3-4-5-6-17-34-23-12-7-19(26)18-22(23)24(31)28-25(35)27-20-8-10-21(11-9-20)36(32,33)30-15-13-29(2)14-16-30/h7-12,18H,3-6,13-17H2,1-2H3,(H2,27,28,31,35). The molecule has 3 rings (SSSR count). The number of hydrogen-bond donors (Lipinski definition) is 2. The van der Waals surface area contributed by atoms with Crippen LogP contribution in [0.15, 0.2) is 51.8 Å². The summed E-state index contributed by atoms with van der Waals surface area (Å²) in [7, 11) is -1.57. The molecule has 2 aromatic carbocycles. The maximum absolute atomic E-state index is 12.9. The molecule has 0 unspecified atom stereocenters. The van der Waals surface area contributed by atoms with Gasteiger partial charge < -0.3 is 15.0 Å². The van der Waals surface area contributed by atoms with Crippen molar-refractivity contribution in [3.8, 4) is 5.75 Å². The van der Waals surface area contributed by atoms with E-state index in [4.69, 9.17) is 17.0 Å². The number of carbonyl (C=O) groups excluding carboxylic acids is 1. The van der Waals surface area contributed by atoms with Crippen LogP contribution in [0.25, 0.3) is 0 Å². The number of anilines is 1. The molecule has 0 atom stereocenters. The van der Waals surface area contributed by atoms with Crippen molar-refractivity contribution >= 4 is 54.9 Å². The number of carbonyl (C=O) groups is 1. The molecule has 196 valence electrons. The molecule has 1 fully saturated rings. The van der Waals surface area contributed by atoms with Gasteiger partial charge in [-0.2, -0.15) is 4.31 Å². The van der Waals surface area contributed by atoms with Gasteiger partial charge in [0.15, 0.2) is 5.11 Å². The van der Waals surface area contributed by atoms with Crippen molar-refractivity contribution in [3.63, 3.8) is 0 Å². The Hall–Kier alpha value is -2.05. The van der Waals surface area contributed by atoms with Crippen LogP contribution in [0, 0.1) is 0 Å². The highest BCUT2D eigenvalue weighted by atomic mass is 79.9. The smallest absolute Gasteiger partial charge is 0.261 e. The van der Waals surface area contributed by atoms with Gasteiger partial charge in [0, 0.05) is 36.3 Å². The Morgan fingerprint density at radius 2 is 1.75 bits per heavy atom. The van der Waals surface area contributed by atoms with Crippen LogP contribution in [0.1, 0.15) is 43.0 Å². The maximum Gasteiger partial charge on any atom is 0.261 e. The van der Waals surface area contributed by atoms with Crippen molar-refractivity contribution in [3.05, 3.63) is 52.5 Å². The quantitative estimate of drug-likeness (QED) is 0.309. The number of amides is 1. The minimum absolute atomic E-state index is 0.101. The first-order valence-corrected chi connectivity index (χ1v) is 14.7. The van der Waals surface area contributed by atoms with Gasteiger partial charge in [-0.15, -0.1) is 0 Å². The molecule has 1 saturated heterocycles. The zero-order valence-electron chi connectivity index (χ0n) is 20.6. The molecule has 1 aliphatic rings. The van der Waals surface area contributed by atoms with E-state index in [-0.39, 0.29) is 10.0 Å². The molecule has 11 heteroatoms. The first-order chi connectivity index (χ1) is 17.2. The van der Waals surface area contributed by atoms with E-state index in [2.05, 4.69) is 38.4 Å². The van der Waals surface area contributed by atoms with Crippen molar-refractivity contribution in [2.45, 2.75) is 37.5 Å². The number of thiocarbonyl (C=S) groups is 1. The van der Waals surface area contributed by atoms with Gasteiger partial charge in [0.05, 0.1) is 17.1 Å². The van der Waals surface area contributed by atoms with Crippen LogP contribution in [0.3, 0.4) is 0 Å². The van der Waals surface area contributed by atoms with E-state index >= 15 is 0 Å². The molecule has 1 heterocycles. The van der Waals surface area contributed by atoms with E-state index in [0.717, 1.165) is 30.2 Å². The molecule has 36 heavy (non-hydrogen) atoms. The minimum Gasteiger partial charge on any atom is -0.493 e. The molecule has 0 saturated carbocycles. The van der Waals surface area contributed by atoms with Crippen molar-refractivity contribution in [1.29, 1.82) is 0 Å². The zero-order valence-corrected chi connectivity index (χ0v) is 23.8. The number of nitrogens with zero attached hydrogens (tertiary/aromatic N) is 2. The molecule has 0 radical (unpaired) electrons. The number of nitrogens with one attached hydrogen (secondary N) is 2. The van der Waals surface area contributed by atoms with E-state index < -0.39 is 15.9 Å².